The number of ether oxygens (including phenoxy) is 1. The fourth-order valence-corrected chi connectivity index (χ4v) is 1.91. The van der Waals surface area contributed by atoms with E-state index in [1.54, 1.807) is 26.0 Å². The third kappa shape index (κ3) is 3.32. The van der Waals surface area contributed by atoms with Crippen molar-refractivity contribution >= 4 is 22.6 Å². The molecule has 7 heteroatoms. The molecule has 118 valence electrons. The number of nitriles is 1. The minimum absolute atomic E-state index is 0.0235. The summed E-state index contributed by atoms with van der Waals surface area (Å²) in [5, 5.41) is 21.7. The van der Waals surface area contributed by atoms with Crippen molar-refractivity contribution in [2.75, 3.05) is 11.9 Å². The third-order valence-electron chi connectivity index (χ3n) is 3.11. The van der Waals surface area contributed by atoms with E-state index >= 15 is 0 Å². The maximum absolute atomic E-state index is 12.0. The van der Waals surface area contributed by atoms with Gasteiger partial charge in [-0.3, -0.25) is 0 Å². The van der Waals surface area contributed by atoms with Crippen molar-refractivity contribution < 1.29 is 19.1 Å². The molecule has 0 aliphatic carbocycles. The normalized spacial score (nSPS) is 11.1. The van der Waals surface area contributed by atoms with Crippen molar-refractivity contribution in [1.29, 1.82) is 5.26 Å². The van der Waals surface area contributed by atoms with Crippen LogP contribution in [-0.2, 0) is 9.53 Å². The molecule has 0 aliphatic rings. The zero-order valence-corrected chi connectivity index (χ0v) is 12.5. The second-order valence-electron chi connectivity index (χ2n) is 4.61. The number of anilines is 1. The van der Waals surface area contributed by atoms with Crippen molar-refractivity contribution in [3.05, 3.63) is 46.0 Å². The number of aromatic hydroxyl groups is 1. The molecule has 2 aromatic rings. The molecule has 1 heterocycles. The summed E-state index contributed by atoms with van der Waals surface area (Å²) in [4.78, 5) is 23.4. The first-order chi connectivity index (χ1) is 11.0. The fraction of sp³-hybridized carbons (Fsp3) is 0.188. The number of esters is 1. The van der Waals surface area contributed by atoms with Gasteiger partial charge >= 0.3 is 11.6 Å². The molecule has 0 unspecified atom stereocenters. The van der Waals surface area contributed by atoms with Crippen LogP contribution in [0.15, 0.2) is 39.2 Å². The van der Waals surface area contributed by atoms with E-state index in [1.165, 1.54) is 12.1 Å². The Morgan fingerprint density at radius 1 is 1.52 bits per heavy atom. The van der Waals surface area contributed by atoms with Crippen molar-refractivity contribution in [2.24, 2.45) is 0 Å². The van der Waals surface area contributed by atoms with Gasteiger partial charge in [-0.05, 0) is 32.0 Å². The molecule has 1 aromatic heterocycles. The third-order valence-corrected chi connectivity index (χ3v) is 3.11. The first kappa shape index (κ1) is 16.1. The molecule has 0 fully saturated rings. The van der Waals surface area contributed by atoms with E-state index in [0.717, 1.165) is 6.20 Å². The van der Waals surface area contributed by atoms with Crippen LogP contribution in [0.3, 0.4) is 0 Å². The lowest BCUT2D eigenvalue weighted by Gasteiger charge is -2.06. The number of nitrogens with zero attached hydrogens (tertiary/aromatic N) is 1. The van der Waals surface area contributed by atoms with Gasteiger partial charge in [0.15, 0.2) is 5.57 Å². The Morgan fingerprint density at radius 2 is 2.26 bits per heavy atom. The van der Waals surface area contributed by atoms with Crippen LogP contribution < -0.4 is 10.9 Å². The average Bonchev–Trinajstić information content (AvgIpc) is 2.53. The van der Waals surface area contributed by atoms with Crippen LogP contribution in [0.5, 0.6) is 5.75 Å². The first-order valence-electron chi connectivity index (χ1n) is 6.78. The quantitative estimate of drug-likeness (QED) is 0.385. The van der Waals surface area contributed by atoms with E-state index in [9.17, 15) is 14.7 Å². The van der Waals surface area contributed by atoms with Crippen LogP contribution in [0.4, 0.5) is 5.69 Å². The molecule has 0 spiro atoms. The van der Waals surface area contributed by atoms with Gasteiger partial charge in [-0.15, -0.1) is 0 Å². The predicted octanol–water partition coefficient (Wildman–Crippen LogP) is 2.19. The SMILES string of the molecule is CCOC(=O)/C(C#N)=C\Nc1cc2ccc(O)c(C)c2oc1=O. The minimum atomic E-state index is -0.784. The highest BCUT2D eigenvalue weighted by Gasteiger charge is 2.12. The Morgan fingerprint density at radius 3 is 2.91 bits per heavy atom. The molecule has 0 aliphatic heterocycles. The zero-order chi connectivity index (χ0) is 17.0. The van der Waals surface area contributed by atoms with Gasteiger partial charge in [0.25, 0.3) is 0 Å². The molecule has 23 heavy (non-hydrogen) atoms. The predicted molar refractivity (Wildman–Crippen MR) is 82.8 cm³/mol. The number of hydrogen-bond acceptors (Lipinski definition) is 7. The summed E-state index contributed by atoms with van der Waals surface area (Å²) < 4.78 is 9.89. The van der Waals surface area contributed by atoms with Gasteiger partial charge in [0.1, 0.15) is 23.1 Å². The summed E-state index contributed by atoms with van der Waals surface area (Å²) in [6.45, 7) is 3.39. The second-order valence-corrected chi connectivity index (χ2v) is 4.61. The van der Waals surface area contributed by atoms with Gasteiger partial charge in [0, 0.05) is 17.1 Å². The summed E-state index contributed by atoms with van der Waals surface area (Å²) in [6, 6.07) is 6.26. The number of fused-ring (bicyclic) bond motifs is 1. The number of aryl methyl sites for hydroxylation is 1. The highest BCUT2D eigenvalue weighted by atomic mass is 16.5. The molecular formula is C16H14N2O5. The second kappa shape index (κ2) is 6.66. The van der Waals surface area contributed by atoms with Crippen LogP contribution in [0.2, 0.25) is 0 Å². The smallest absolute Gasteiger partial charge is 0.360 e. The number of phenols is 1. The number of carbonyl (C=O) groups excluding carboxylic acids is 1. The lowest BCUT2D eigenvalue weighted by molar-refractivity contribution is -0.138. The summed E-state index contributed by atoms with van der Waals surface area (Å²) in [7, 11) is 0. The Hall–Kier alpha value is -3.27. The van der Waals surface area contributed by atoms with Crippen LogP contribution >= 0.6 is 0 Å². The van der Waals surface area contributed by atoms with E-state index in [2.05, 4.69) is 5.32 Å². The van der Waals surface area contributed by atoms with Crippen molar-refractivity contribution in [3.63, 3.8) is 0 Å². The summed E-state index contributed by atoms with van der Waals surface area (Å²) in [6.07, 6.45) is 1.09. The fourth-order valence-electron chi connectivity index (χ4n) is 1.91. The van der Waals surface area contributed by atoms with E-state index in [1.807, 2.05) is 0 Å². The largest absolute Gasteiger partial charge is 0.508 e. The van der Waals surface area contributed by atoms with Crippen molar-refractivity contribution in [1.82, 2.24) is 0 Å². The molecule has 0 atom stereocenters. The number of phenolic OH excluding ortho intramolecular Hbond substituents is 1. The molecule has 7 nitrogen and oxygen atoms in total. The van der Waals surface area contributed by atoms with E-state index in [-0.39, 0.29) is 29.2 Å². The van der Waals surface area contributed by atoms with Gasteiger partial charge in [0.05, 0.1) is 6.61 Å². The van der Waals surface area contributed by atoms with Gasteiger partial charge in [-0.2, -0.15) is 5.26 Å². The maximum Gasteiger partial charge on any atom is 0.360 e. The lowest BCUT2D eigenvalue weighted by atomic mass is 10.1. The van der Waals surface area contributed by atoms with Gasteiger partial charge in [-0.1, -0.05) is 0 Å². The Bertz CT molecular complexity index is 890. The molecule has 0 saturated carbocycles. The Labute approximate surface area is 131 Å². The minimum Gasteiger partial charge on any atom is -0.508 e. The molecule has 0 amide bonds. The molecule has 0 bridgehead atoms. The van der Waals surface area contributed by atoms with Crippen molar-refractivity contribution in [2.45, 2.75) is 13.8 Å². The van der Waals surface area contributed by atoms with Gasteiger partial charge in [0.2, 0.25) is 0 Å². The van der Waals surface area contributed by atoms with Crippen LogP contribution in [0.1, 0.15) is 12.5 Å². The number of benzene rings is 1. The van der Waals surface area contributed by atoms with Crippen LogP contribution in [-0.4, -0.2) is 17.7 Å². The zero-order valence-electron chi connectivity index (χ0n) is 12.5. The van der Waals surface area contributed by atoms with Gasteiger partial charge < -0.3 is 19.6 Å². The van der Waals surface area contributed by atoms with Gasteiger partial charge in [-0.25, -0.2) is 9.59 Å². The first-order valence-corrected chi connectivity index (χ1v) is 6.78. The molecular weight excluding hydrogens is 300 g/mol. The molecule has 0 radical (unpaired) electrons. The number of hydrogen-bond donors (Lipinski definition) is 2. The van der Waals surface area contributed by atoms with E-state index in [4.69, 9.17) is 14.4 Å². The lowest BCUT2D eigenvalue weighted by Crippen LogP contribution is -2.11. The van der Waals surface area contributed by atoms with E-state index < -0.39 is 11.6 Å². The topological polar surface area (TPSA) is 113 Å². The standard InChI is InChI=1S/C16H14N2O5/c1-3-22-15(20)11(7-17)8-18-12-6-10-4-5-13(19)9(2)14(10)23-16(12)21/h4-6,8,18-19H,3H2,1-2H3/b11-8-. The average molecular weight is 314 g/mol. The number of carbonyl (C=O) groups is 1. The Balaban J connectivity index is 2.40. The van der Waals surface area contributed by atoms with Crippen LogP contribution in [0, 0.1) is 18.3 Å². The molecule has 2 rings (SSSR count). The number of nitrogens with one attached hydrogen (secondary N) is 1. The monoisotopic (exact) mass is 314 g/mol. The highest BCUT2D eigenvalue weighted by Crippen LogP contribution is 2.26. The summed E-state index contributed by atoms with van der Waals surface area (Å²) >= 11 is 0. The van der Waals surface area contributed by atoms with Crippen LogP contribution in [0.25, 0.3) is 11.0 Å². The van der Waals surface area contributed by atoms with E-state index in [0.29, 0.717) is 10.9 Å². The molecule has 1 aromatic carbocycles. The Kier molecular flexibility index (Phi) is 4.66. The highest BCUT2D eigenvalue weighted by molar-refractivity contribution is 5.93. The molecule has 2 N–H and O–H groups in total. The summed E-state index contributed by atoms with van der Waals surface area (Å²) in [5.41, 5.74) is -0.183. The summed E-state index contributed by atoms with van der Waals surface area (Å²) in [5.74, 6) is -0.760. The molecule has 0 saturated heterocycles. The maximum atomic E-state index is 12.0. The number of rotatable bonds is 4. The van der Waals surface area contributed by atoms with Crippen molar-refractivity contribution in [3.8, 4) is 11.8 Å².